The summed E-state index contributed by atoms with van der Waals surface area (Å²) in [6.07, 6.45) is 1.47. The van der Waals surface area contributed by atoms with Crippen molar-refractivity contribution in [3.63, 3.8) is 0 Å². The minimum Gasteiger partial charge on any atom is -0.469 e. The van der Waals surface area contributed by atoms with E-state index in [1.165, 1.54) is 10.6 Å². The van der Waals surface area contributed by atoms with Crippen molar-refractivity contribution in [3.8, 4) is 0 Å². The van der Waals surface area contributed by atoms with Gasteiger partial charge in [0.25, 0.3) is 5.91 Å². The van der Waals surface area contributed by atoms with Gasteiger partial charge in [-0.2, -0.15) is 4.31 Å². The van der Waals surface area contributed by atoms with Crippen molar-refractivity contribution >= 4 is 15.9 Å². The van der Waals surface area contributed by atoms with Crippen LogP contribution in [0.25, 0.3) is 0 Å². The van der Waals surface area contributed by atoms with Crippen LogP contribution in [0.5, 0.6) is 0 Å². The normalized spacial score (nSPS) is 15.7. The standard InChI is InChI=1S/C18H22N2O5S/c1-14-17(6-9-25-14)18(21)19-12-15-4-2-3-5-16(15)13-26(22,23)20-7-10-24-11-8-20/h2-6,9H,7-8,10-13H2,1H3,(H,19,21). The van der Waals surface area contributed by atoms with Gasteiger partial charge in [0.2, 0.25) is 10.0 Å². The summed E-state index contributed by atoms with van der Waals surface area (Å²) < 4.78 is 37.1. The first-order valence-corrected chi connectivity index (χ1v) is 10.0. The van der Waals surface area contributed by atoms with E-state index in [0.29, 0.717) is 43.2 Å². The molecule has 0 saturated carbocycles. The van der Waals surface area contributed by atoms with Crippen molar-refractivity contribution in [2.45, 2.75) is 19.2 Å². The van der Waals surface area contributed by atoms with Gasteiger partial charge in [0, 0.05) is 19.6 Å². The number of benzene rings is 1. The molecule has 26 heavy (non-hydrogen) atoms. The molecule has 0 bridgehead atoms. The highest BCUT2D eigenvalue weighted by Crippen LogP contribution is 2.17. The summed E-state index contributed by atoms with van der Waals surface area (Å²) >= 11 is 0. The third-order valence-electron chi connectivity index (χ3n) is 4.36. The molecular formula is C18H22N2O5S. The molecule has 1 aromatic carbocycles. The fourth-order valence-corrected chi connectivity index (χ4v) is 4.44. The zero-order valence-electron chi connectivity index (χ0n) is 14.6. The van der Waals surface area contributed by atoms with Crippen molar-refractivity contribution in [1.82, 2.24) is 9.62 Å². The zero-order chi connectivity index (χ0) is 18.6. The molecule has 1 aliphatic rings. The Bertz CT molecular complexity index is 869. The minimum absolute atomic E-state index is 0.0935. The number of aryl methyl sites for hydroxylation is 1. The number of furan rings is 1. The molecule has 1 aromatic heterocycles. The zero-order valence-corrected chi connectivity index (χ0v) is 15.4. The third kappa shape index (κ3) is 4.32. The highest BCUT2D eigenvalue weighted by Gasteiger charge is 2.25. The number of morpholine rings is 1. The summed E-state index contributed by atoms with van der Waals surface area (Å²) in [6.45, 7) is 3.56. The number of ether oxygens (including phenoxy) is 1. The fourth-order valence-electron chi connectivity index (χ4n) is 2.87. The molecule has 0 radical (unpaired) electrons. The van der Waals surface area contributed by atoms with E-state index in [-0.39, 0.29) is 18.2 Å². The molecule has 1 amide bonds. The molecule has 140 valence electrons. The summed E-state index contributed by atoms with van der Waals surface area (Å²) in [6, 6.07) is 8.85. The first-order chi connectivity index (χ1) is 12.5. The Morgan fingerprint density at radius 3 is 2.50 bits per heavy atom. The molecule has 2 aromatic rings. The molecule has 0 aliphatic carbocycles. The number of nitrogens with zero attached hydrogens (tertiary/aromatic N) is 1. The smallest absolute Gasteiger partial charge is 0.255 e. The van der Waals surface area contributed by atoms with Crippen LogP contribution in [0.2, 0.25) is 0 Å². The van der Waals surface area contributed by atoms with Gasteiger partial charge in [-0.15, -0.1) is 0 Å². The van der Waals surface area contributed by atoms with Crippen LogP contribution in [0, 0.1) is 6.92 Å². The molecule has 0 atom stereocenters. The van der Waals surface area contributed by atoms with E-state index in [1.54, 1.807) is 25.1 Å². The van der Waals surface area contributed by atoms with Crippen LogP contribution >= 0.6 is 0 Å². The number of hydrogen-bond acceptors (Lipinski definition) is 5. The Hall–Kier alpha value is -2.16. The number of hydrogen-bond donors (Lipinski definition) is 1. The Balaban J connectivity index is 1.70. The van der Waals surface area contributed by atoms with Crippen LogP contribution in [0.3, 0.4) is 0 Å². The lowest BCUT2D eigenvalue weighted by atomic mass is 10.1. The quantitative estimate of drug-likeness (QED) is 0.826. The number of rotatable bonds is 6. The van der Waals surface area contributed by atoms with E-state index in [9.17, 15) is 13.2 Å². The van der Waals surface area contributed by atoms with Crippen LogP contribution in [0.4, 0.5) is 0 Å². The van der Waals surface area contributed by atoms with Crippen molar-refractivity contribution in [2.75, 3.05) is 26.3 Å². The van der Waals surface area contributed by atoms with Crippen LogP contribution in [0.15, 0.2) is 41.0 Å². The second-order valence-corrected chi connectivity index (χ2v) is 8.08. The van der Waals surface area contributed by atoms with E-state index >= 15 is 0 Å². The van der Waals surface area contributed by atoms with Gasteiger partial charge >= 0.3 is 0 Å². The molecule has 3 rings (SSSR count). The molecule has 0 spiro atoms. The van der Waals surface area contributed by atoms with Gasteiger partial charge in [0.05, 0.1) is 30.8 Å². The van der Waals surface area contributed by atoms with Crippen molar-refractivity contribution < 1.29 is 22.4 Å². The number of carbonyl (C=O) groups is 1. The molecule has 1 fully saturated rings. The van der Waals surface area contributed by atoms with Crippen LogP contribution in [-0.2, 0) is 27.1 Å². The molecule has 0 unspecified atom stereocenters. The average molecular weight is 378 g/mol. The largest absolute Gasteiger partial charge is 0.469 e. The number of sulfonamides is 1. The predicted molar refractivity (Wildman–Crippen MR) is 96.1 cm³/mol. The van der Waals surface area contributed by atoms with E-state index in [2.05, 4.69) is 5.32 Å². The lowest BCUT2D eigenvalue weighted by Gasteiger charge is -2.26. The molecule has 1 N–H and O–H groups in total. The number of carbonyl (C=O) groups excluding carboxylic acids is 1. The lowest BCUT2D eigenvalue weighted by molar-refractivity contribution is 0.0729. The van der Waals surface area contributed by atoms with Gasteiger partial charge in [-0.25, -0.2) is 8.42 Å². The van der Waals surface area contributed by atoms with Crippen LogP contribution in [0.1, 0.15) is 27.2 Å². The number of amides is 1. The first kappa shape index (κ1) is 18.6. The van der Waals surface area contributed by atoms with Gasteiger partial charge in [-0.05, 0) is 24.1 Å². The van der Waals surface area contributed by atoms with Crippen molar-refractivity contribution in [3.05, 3.63) is 59.0 Å². The second-order valence-electron chi connectivity index (χ2n) is 6.11. The fraction of sp³-hybridized carbons (Fsp3) is 0.389. The van der Waals surface area contributed by atoms with Gasteiger partial charge in [0.1, 0.15) is 5.76 Å². The van der Waals surface area contributed by atoms with Gasteiger partial charge in [-0.1, -0.05) is 24.3 Å². The van der Waals surface area contributed by atoms with Gasteiger partial charge in [0.15, 0.2) is 0 Å². The third-order valence-corrected chi connectivity index (χ3v) is 6.19. The van der Waals surface area contributed by atoms with Gasteiger partial charge < -0.3 is 14.5 Å². The van der Waals surface area contributed by atoms with E-state index in [0.717, 1.165) is 5.56 Å². The Morgan fingerprint density at radius 1 is 1.15 bits per heavy atom. The van der Waals surface area contributed by atoms with Crippen LogP contribution in [-0.4, -0.2) is 44.9 Å². The van der Waals surface area contributed by atoms with E-state index in [4.69, 9.17) is 9.15 Å². The molecular weight excluding hydrogens is 356 g/mol. The highest BCUT2D eigenvalue weighted by molar-refractivity contribution is 7.88. The first-order valence-electron chi connectivity index (χ1n) is 8.42. The van der Waals surface area contributed by atoms with Gasteiger partial charge in [-0.3, -0.25) is 4.79 Å². The summed E-state index contributed by atoms with van der Waals surface area (Å²) in [5.41, 5.74) is 1.94. The predicted octanol–water partition coefficient (Wildman–Crippen LogP) is 1.68. The topological polar surface area (TPSA) is 88.8 Å². The van der Waals surface area contributed by atoms with E-state index < -0.39 is 10.0 Å². The monoisotopic (exact) mass is 378 g/mol. The minimum atomic E-state index is -3.42. The Kier molecular flexibility index (Phi) is 5.75. The van der Waals surface area contributed by atoms with Crippen LogP contribution < -0.4 is 5.32 Å². The molecule has 7 nitrogen and oxygen atoms in total. The second kappa shape index (κ2) is 8.03. The maximum atomic E-state index is 12.6. The Morgan fingerprint density at radius 2 is 1.85 bits per heavy atom. The molecule has 1 saturated heterocycles. The SMILES string of the molecule is Cc1occc1C(=O)NCc1ccccc1CS(=O)(=O)N1CCOCC1. The van der Waals surface area contributed by atoms with Crippen molar-refractivity contribution in [2.24, 2.45) is 0 Å². The molecule has 1 aliphatic heterocycles. The molecule has 2 heterocycles. The summed E-state index contributed by atoms with van der Waals surface area (Å²) in [4.78, 5) is 12.2. The maximum Gasteiger partial charge on any atom is 0.255 e. The van der Waals surface area contributed by atoms with E-state index in [1.807, 2.05) is 12.1 Å². The lowest BCUT2D eigenvalue weighted by Crippen LogP contribution is -2.41. The summed E-state index contributed by atoms with van der Waals surface area (Å²) in [5, 5.41) is 2.82. The Labute approximate surface area is 153 Å². The summed E-state index contributed by atoms with van der Waals surface area (Å²) in [7, 11) is -3.42. The number of nitrogens with one attached hydrogen (secondary N) is 1. The molecule has 8 heteroatoms. The average Bonchev–Trinajstić information content (AvgIpc) is 3.07. The summed E-state index contributed by atoms with van der Waals surface area (Å²) in [5.74, 6) is 0.205. The van der Waals surface area contributed by atoms with Crippen molar-refractivity contribution in [1.29, 1.82) is 0 Å². The maximum absolute atomic E-state index is 12.6. The highest BCUT2D eigenvalue weighted by atomic mass is 32.2.